The van der Waals surface area contributed by atoms with Gasteiger partial charge in [0.2, 0.25) is 0 Å². The average molecular weight is 266 g/mol. The van der Waals surface area contributed by atoms with Crippen LogP contribution < -0.4 is 4.74 Å². The predicted molar refractivity (Wildman–Crippen MR) is 73.0 cm³/mol. The van der Waals surface area contributed by atoms with Gasteiger partial charge in [-0.1, -0.05) is 48.5 Å². The van der Waals surface area contributed by atoms with Crippen LogP contribution in [-0.2, 0) is 9.59 Å². The van der Waals surface area contributed by atoms with Crippen molar-refractivity contribution in [2.75, 3.05) is 0 Å². The Labute approximate surface area is 114 Å². The van der Waals surface area contributed by atoms with Gasteiger partial charge < -0.3 is 9.84 Å². The number of rotatable bonds is 2. The van der Waals surface area contributed by atoms with Gasteiger partial charge in [0.15, 0.2) is 0 Å². The van der Waals surface area contributed by atoms with Gasteiger partial charge in [-0.3, -0.25) is 0 Å². The number of carboxylic acids is 1. The summed E-state index contributed by atoms with van der Waals surface area (Å²) in [6.45, 7) is 0. The van der Waals surface area contributed by atoms with Crippen LogP contribution in [0, 0.1) is 0 Å². The maximum Gasteiger partial charge on any atom is 0.345 e. The van der Waals surface area contributed by atoms with Crippen LogP contribution >= 0.6 is 0 Å². The molecule has 2 aromatic rings. The topological polar surface area (TPSA) is 63.6 Å². The van der Waals surface area contributed by atoms with E-state index in [9.17, 15) is 14.7 Å². The van der Waals surface area contributed by atoms with E-state index in [1.54, 1.807) is 54.6 Å². The van der Waals surface area contributed by atoms with Crippen molar-refractivity contribution in [3.05, 3.63) is 65.7 Å². The second-order valence-electron chi connectivity index (χ2n) is 4.31. The molecule has 1 aliphatic heterocycles. The molecule has 0 saturated carbocycles. The van der Waals surface area contributed by atoms with Crippen LogP contribution in [0.4, 0.5) is 0 Å². The van der Waals surface area contributed by atoms with Gasteiger partial charge in [-0.2, -0.15) is 0 Å². The Morgan fingerprint density at radius 1 is 0.950 bits per heavy atom. The highest BCUT2D eigenvalue weighted by molar-refractivity contribution is 6.39. The molecule has 0 aliphatic carbocycles. The fourth-order valence-electron chi connectivity index (χ4n) is 2.24. The van der Waals surface area contributed by atoms with Crippen LogP contribution in [0.25, 0.3) is 11.1 Å². The summed E-state index contributed by atoms with van der Waals surface area (Å²) in [6, 6.07) is 15.4. The Morgan fingerprint density at radius 3 is 2.30 bits per heavy atom. The van der Waals surface area contributed by atoms with Crippen molar-refractivity contribution in [1.29, 1.82) is 0 Å². The summed E-state index contributed by atoms with van der Waals surface area (Å²) in [6.07, 6.45) is 0. The molecule has 1 N–H and O–H groups in total. The second-order valence-corrected chi connectivity index (χ2v) is 4.31. The number of carbonyl (C=O) groups excluding carboxylic acids is 1. The normalized spacial score (nSPS) is 15.5. The molecule has 0 unspecified atom stereocenters. The van der Waals surface area contributed by atoms with E-state index in [-0.39, 0.29) is 11.1 Å². The molecule has 20 heavy (non-hydrogen) atoms. The number of esters is 1. The molecule has 0 amide bonds. The quantitative estimate of drug-likeness (QED) is 0.515. The Kier molecular flexibility index (Phi) is 2.84. The number of benzene rings is 2. The number of fused-ring (bicyclic) bond motifs is 1. The maximum absolute atomic E-state index is 12.0. The molecular formula is C16H10O4. The zero-order valence-corrected chi connectivity index (χ0v) is 10.4. The first kappa shape index (κ1) is 12.2. The molecule has 4 heteroatoms. The molecule has 0 atom stereocenters. The van der Waals surface area contributed by atoms with Gasteiger partial charge in [-0.05, 0) is 11.6 Å². The molecule has 98 valence electrons. The highest BCUT2D eigenvalue weighted by Gasteiger charge is 2.32. The molecule has 2 aromatic carbocycles. The van der Waals surface area contributed by atoms with Crippen LogP contribution in [0.3, 0.4) is 0 Å². The SMILES string of the molecule is O=C(O)/C(=C1\C(=O)Oc2ccccc21)c1ccccc1. The summed E-state index contributed by atoms with van der Waals surface area (Å²) in [5.74, 6) is -1.39. The lowest BCUT2D eigenvalue weighted by Crippen LogP contribution is -2.09. The number of hydrogen-bond acceptors (Lipinski definition) is 3. The monoisotopic (exact) mass is 266 g/mol. The first-order chi connectivity index (χ1) is 9.68. The highest BCUT2D eigenvalue weighted by atomic mass is 16.5. The summed E-state index contributed by atoms with van der Waals surface area (Å²) in [7, 11) is 0. The number of carboxylic acid groups (broad SMARTS) is 1. The van der Waals surface area contributed by atoms with E-state index in [2.05, 4.69) is 0 Å². The van der Waals surface area contributed by atoms with Gasteiger partial charge in [0.05, 0.1) is 11.1 Å². The molecule has 0 bridgehead atoms. The van der Waals surface area contributed by atoms with E-state index in [1.807, 2.05) is 0 Å². The smallest absolute Gasteiger partial charge is 0.345 e. The van der Waals surface area contributed by atoms with Gasteiger partial charge in [-0.25, -0.2) is 9.59 Å². The molecular weight excluding hydrogens is 256 g/mol. The third-order valence-electron chi connectivity index (χ3n) is 3.09. The molecule has 0 saturated heterocycles. The first-order valence-corrected chi connectivity index (χ1v) is 6.03. The average Bonchev–Trinajstić information content (AvgIpc) is 2.77. The van der Waals surface area contributed by atoms with Crippen LogP contribution in [0.5, 0.6) is 5.75 Å². The van der Waals surface area contributed by atoms with Gasteiger partial charge in [-0.15, -0.1) is 0 Å². The predicted octanol–water partition coefficient (Wildman–Crippen LogP) is 2.60. The Morgan fingerprint density at radius 2 is 1.60 bits per heavy atom. The van der Waals surface area contributed by atoms with Crippen LogP contribution in [-0.4, -0.2) is 17.0 Å². The summed E-state index contributed by atoms with van der Waals surface area (Å²) < 4.78 is 5.11. The third-order valence-corrected chi connectivity index (χ3v) is 3.09. The van der Waals surface area contributed by atoms with Crippen molar-refractivity contribution in [2.24, 2.45) is 0 Å². The number of hydrogen-bond donors (Lipinski definition) is 1. The molecule has 0 fully saturated rings. The third kappa shape index (κ3) is 1.87. The second kappa shape index (κ2) is 4.66. The Balaban J connectivity index is 2.30. The standard InChI is InChI=1S/C16H10O4/c17-15(18)13(10-6-2-1-3-7-10)14-11-8-4-5-9-12(11)20-16(14)19/h1-9H,(H,17,18)/b14-13-. The highest BCUT2D eigenvalue weighted by Crippen LogP contribution is 2.38. The van der Waals surface area contributed by atoms with Gasteiger partial charge in [0, 0.05) is 5.56 Å². The van der Waals surface area contributed by atoms with Crippen molar-refractivity contribution in [2.45, 2.75) is 0 Å². The number of ether oxygens (including phenoxy) is 1. The van der Waals surface area contributed by atoms with Crippen molar-refractivity contribution in [3.8, 4) is 5.75 Å². The molecule has 0 spiro atoms. The van der Waals surface area contributed by atoms with Crippen molar-refractivity contribution >= 4 is 23.1 Å². The Hall–Kier alpha value is -2.88. The minimum atomic E-state index is -1.15. The number of carbonyl (C=O) groups is 2. The van der Waals surface area contributed by atoms with Crippen molar-refractivity contribution < 1.29 is 19.4 Å². The van der Waals surface area contributed by atoms with E-state index in [0.29, 0.717) is 16.9 Å². The van der Waals surface area contributed by atoms with E-state index in [1.165, 1.54) is 0 Å². The zero-order chi connectivity index (χ0) is 14.1. The molecule has 0 radical (unpaired) electrons. The fraction of sp³-hybridized carbons (Fsp3) is 0. The van der Waals surface area contributed by atoms with Crippen molar-refractivity contribution in [1.82, 2.24) is 0 Å². The van der Waals surface area contributed by atoms with Crippen molar-refractivity contribution in [3.63, 3.8) is 0 Å². The fourth-order valence-corrected chi connectivity index (χ4v) is 2.24. The summed E-state index contributed by atoms with van der Waals surface area (Å²) in [4.78, 5) is 23.6. The molecule has 3 rings (SSSR count). The largest absolute Gasteiger partial charge is 0.478 e. The van der Waals surface area contributed by atoms with Crippen LogP contribution in [0.1, 0.15) is 11.1 Å². The van der Waals surface area contributed by atoms with Gasteiger partial charge >= 0.3 is 11.9 Å². The van der Waals surface area contributed by atoms with Gasteiger partial charge in [0.1, 0.15) is 5.75 Å². The van der Waals surface area contributed by atoms with E-state index in [4.69, 9.17) is 4.74 Å². The zero-order valence-electron chi connectivity index (χ0n) is 10.4. The van der Waals surface area contributed by atoms with E-state index in [0.717, 1.165) is 0 Å². The minimum Gasteiger partial charge on any atom is -0.478 e. The Bertz CT molecular complexity index is 729. The molecule has 0 aromatic heterocycles. The van der Waals surface area contributed by atoms with E-state index < -0.39 is 11.9 Å². The minimum absolute atomic E-state index is 0.0412. The first-order valence-electron chi connectivity index (χ1n) is 6.03. The van der Waals surface area contributed by atoms with Crippen LogP contribution in [0.15, 0.2) is 54.6 Å². The molecule has 1 aliphatic rings. The number of aliphatic carboxylic acids is 1. The van der Waals surface area contributed by atoms with E-state index >= 15 is 0 Å². The summed E-state index contributed by atoms with van der Waals surface area (Å²) in [5, 5.41) is 9.46. The lowest BCUT2D eigenvalue weighted by molar-refractivity contribution is -0.131. The van der Waals surface area contributed by atoms with Crippen LogP contribution in [0.2, 0.25) is 0 Å². The maximum atomic E-state index is 12.0. The lowest BCUT2D eigenvalue weighted by atomic mass is 9.95. The molecule has 4 nitrogen and oxygen atoms in total. The summed E-state index contributed by atoms with van der Waals surface area (Å²) >= 11 is 0. The van der Waals surface area contributed by atoms with Gasteiger partial charge in [0.25, 0.3) is 0 Å². The summed E-state index contributed by atoms with van der Waals surface area (Å²) in [5.41, 5.74) is 1.04. The molecule has 1 heterocycles. The number of para-hydroxylation sites is 1. The lowest BCUT2D eigenvalue weighted by Gasteiger charge is -2.05.